The molecule has 3 aromatic carbocycles. The number of alkyl halides is 9. The van der Waals surface area contributed by atoms with Gasteiger partial charge in [0, 0.05) is 23.9 Å². The third kappa shape index (κ3) is 6.02. The highest BCUT2D eigenvalue weighted by atomic mass is 19.4. The number of carbonyl (C=O) groups excluding carboxylic acids is 2. The van der Waals surface area contributed by atoms with Gasteiger partial charge < -0.3 is 14.8 Å². The van der Waals surface area contributed by atoms with Crippen LogP contribution in [0, 0.1) is 0 Å². The molecule has 0 spiro atoms. The van der Waals surface area contributed by atoms with Gasteiger partial charge in [0.25, 0.3) is 0 Å². The maximum Gasteiger partial charge on any atom is 0.416 e. The average molecular weight is 687 g/mol. The van der Waals surface area contributed by atoms with Crippen LogP contribution < -0.4 is 10.1 Å². The summed E-state index contributed by atoms with van der Waals surface area (Å²) in [5.41, 5.74) is -3.38. The van der Waals surface area contributed by atoms with Gasteiger partial charge >= 0.3 is 24.6 Å². The highest BCUT2D eigenvalue weighted by Crippen LogP contribution is 2.52. The Balaban J connectivity index is 1.45. The van der Waals surface area contributed by atoms with E-state index in [1.54, 1.807) is 18.2 Å². The van der Waals surface area contributed by atoms with E-state index >= 15 is 0 Å². The summed E-state index contributed by atoms with van der Waals surface area (Å²) in [7, 11) is 1.36. The van der Waals surface area contributed by atoms with E-state index in [4.69, 9.17) is 9.47 Å². The molecular weight excluding hydrogens is 659 g/mol. The number of methoxy groups -OCH3 is 1. The highest BCUT2D eigenvalue weighted by Gasteiger charge is 2.52. The molecule has 0 aliphatic carbocycles. The quantitative estimate of drug-likeness (QED) is 0.273. The number of carbonyl (C=O) groups is 2. The van der Waals surface area contributed by atoms with Crippen molar-refractivity contribution in [3.63, 3.8) is 0 Å². The van der Waals surface area contributed by atoms with E-state index in [0.717, 1.165) is 17.0 Å². The lowest BCUT2D eigenvalue weighted by Crippen LogP contribution is -2.31. The van der Waals surface area contributed by atoms with Crippen molar-refractivity contribution >= 4 is 12.0 Å². The molecule has 3 fully saturated rings. The summed E-state index contributed by atoms with van der Waals surface area (Å²) in [5.74, 6) is -0.133. The topological polar surface area (TPSA) is 67.9 Å². The van der Waals surface area contributed by atoms with Gasteiger partial charge in [-0.3, -0.25) is 9.69 Å². The summed E-state index contributed by atoms with van der Waals surface area (Å²) in [5, 5.41) is 2.83. The fourth-order valence-electron chi connectivity index (χ4n) is 7.01. The zero-order chi connectivity index (χ0) is 34.9. The SMILES string of the molecule is COc1ccc([C@@H]2CC(=O)N[C@H]2C)cc1-c1ccc(C(F)(F)F)cc1C1CC[C@H]2[C@@H](c3cc(C(F)(F)F)cc(C(F)(F)F)c3)OC(=O)N12. The van der Waals surface area contributed by atoms with E-state index < -0.39 is 65.1 Å². The zero-order valence-electron chi connectivity index (χ0n) is 25.2. The molecule has 3 saturated heterocycles. The smallest absolute Gasteiger partial charge is 0.416 e. The first-order valence-corrected chi connectivity index (χ1v) is 14.8. The van der Waals surface area contributed by atoms with Crippen LogP contribution in [0.5, 0.6) is 5.75 Å². The van der Waals surface area contributed by atoms with Crippen molar-refractivity contribution in [1.29, 1.82) is 0 Å². The summed E-state index contributed by atoms with van der Waals surface area (Å²) in [4.78, 5) is 26.5. The molecule has 6 rings (SSSR count). The fourth-order valence-corrected chi connectivity index (χ4v) is 7.01. The Morgan fingerprint density at radius 2 is 1.42 bits per heavy atom. The maximum atomic E-state index is 14.0. The van der Waals surface area contributed by atoms with Crippen molar-refractivity contribution in [2.24, 2.45) is 0 Å². The first kappa shape index (κ1) is 33.5. The van der Waals surface area contributed by atoms with Gasteiger partial charge in [0.15, 0.2) is 0 Å². The molecule has 5 atom stereocenters. The number of fused-ring (bicyclic) bond motifs is 1. The van der Waals surface area contributed by atoms with Crippen molar-refractivity contribution in [2.75, 3.05) is 7.11 Å². The first-order chi connectivity index (χ1) is 22.4. The largest absolute Gasteiger partial charge is 0.496 e. The summed E-state index contributed by atoms with van der Waals surface area (Å²) >= 11 is 0. The van der Waals surface area contributed by atoms with Crippen LogP contribution in [0.4, 0.5) is 44.3 Å². The first-order valence-electron chi connectivity index (χ1n) is 14.8. The van der Waals surface area contributed by atoms with Crippen molar-refractivity contribution in [3.05, 3.63) is 88.0 Å². The predicted molar refractivity (Wildman–Crippen MR) is 152 cm³/mol. The van der Waals surface area contributed by atoms with Crippen LogP contribution in [-0.4, -0.2) is 36.1 Å². The van der Waals surface area contributed by atoms with Crippen LogP contribution in [0.2, 0.25) is 0 Å². The Hall–Kier alpha value is -4.43. The number of amides is 2. The van der Waals surface area contributed by atoms with E-state index in [1.807, 2.05) is 6.92 Å². The Bertz CT molecular complexity index is 1740. The molecule has 2 amide bonds. The predicted octanol–water partition coefficient (Wildman–Crippen LogP) is 8.81. The van der Waals surface area contributed by atoms with Crippen molar-refractivity contribution in [3.8, 4) is 16.9 Å². The minimum absolute atomic E-state index is 0.0128. The summed E-state index contributed by atoms with van der Waals surface area (Å²) in [6.45, 7) is 1.82. The van der Waals surface area contributed by atoms with Crippen LogP contribution >= 0.6 is 0 Å². The average Bonchev–Trinajstić information content (AvgIpc) is 3.69. The molecule has 3 aliphatic heterocycles. The minimum atomic E-state index is -5.14. The standard InChI is InChI=1S/C33H27F9N2O4/c1-15-22(14-28(45)43-15)16-3-8-27(47-2)24(11-16)21-5-4-18(31(34,35)36)13-23(21)25-6-7-26-29(48-30(46)44(25)26)17-9-19(32(37,38)39)12-20(10-17)33(40,41)42/h3-5,8-13,15,22,25-26,29H,6-7,14H2,1-2H3,(H,43,45)/t15-,22+,25?,26-,29+/m0/s1. The molecule has 0 aromatic heterocycles. The number of rotatable bonds is 5. The van der Waals surface area contributed by atoms with Crippen LogP contribution in [0.3, 0.4) is 0 Å². The van der Waals surface area contributed by atoms with Gasteiger partial charge in [0.2, 0.25) is 5.91 Å². The molecule has 0 saturated carbocycles. The molecule has 3 heterocycles. The van der Waals surface area contributed by atoms with Gasteiger partial charge in [-0.05, 0) is 84.5 Å². The monoisotopic (exact) mass is 686 g/mol. The molecule has 48 heavy (non-hydrogen) atoms. The lowest BCUT2D eigenvalue weighted by molar-refractivity contribution is -0.143. The normalized spacial score (nSPS) is 24.5. The Labute approximate surface area is 267 Å². The van der Waals surface area contributed by atoms with Gasteiger partial charge in [-0.15, -0.1) is 0 Å². The van der Waals surface area contributed by atoms with E-state index in [1.165, 1.54) is 13.2 Å². The van der Waals surface area contributed by atoms with Crippen molar-refractivity contribution < 1.29 is 58.6 Å². The van der Waals surface area contributed by atoms with E-state index in [-0.39, 0.29) is 60.1 Å². The summed E-state index contributed by atoms with van der Waals surface area (Å²) < 4.78 is 135. The van der Waals surface area contributed by atoms with Crippen LogP contribution in [-0.2, 0) is 28.1 Å². The second kappa shape index (κ2) is 11.6. The number of hydrogen-bond acceptors (Lipinski definition) is 4. The summed E-state index contributed by atoms with van der Waals surface area (Å²) in [6, 6.07) is 6.59. The number of nitrogens with one attached hydrogen (secondary N) is 1. The molecule has 3 aliphatic rings. The number of cyclic esters (lactones) is 1. The lowest BCUT2D eigenvalue weighted by Gasteiger charge is -2.27. The van der Waals surface area contributed by atoms with Crippen molar-refractivity contribution in [1.82, 2.24) is 10.2 Å². The zero-order valence-corrected chi connectivity index (χ0v) is 25.2. The van der Waals surface area contributed by atoms with Gasteiger partial charge in [-0.25, -0.2) is 4.79 Å². The fraction of sp³-hybridized carbons (Fsp3) is 0.394. The van der Waals surface area contributed by atoms with Gasteiger partial charge in [-0.1, -0.05) is 12.1 Å². The molecule has 1 N–H and O–H groups in total. The Morgan fingerprint density at radius 3 is 1.98 bits per heavy atom. The molecular formula is C33H27F9N2O4. The van der Waals surface area contributed by atoms with Gasteiger partial charge in [0.1, 0.15) is 11.9 Å². The van der Waals surface area contributed by atoms with Crippen LogP contribution in [0.25, 0.3) is 11.1 Å². The minimum Gasteiger partial charge on any atom is -0.496 e. The van der Waals surface area contributed by atoms with E-state index in [9.17, 15) is 49.1 Å². The summed E-state index contributed by atoms with van der Waals surface area (Å²) in [6.07, 6.45) is -17.5. The maximum absolute atomic E-state index is 14.0. The van der Waals surface area contributed by atoms with Crippen molar-refractivity contribution in [2.45, 2.75) is 74.9 Å². The number of hydrogen-bond donors (Lipinski definition) is 1. The molecule has 1 unspecified atom stereocenters. The molecule has 3 aromatic rings. The number of benzene rings is 3. The lowest BCUT2D eigenvalue weighted by atomic mass is 9.87. The number of halogens is 9. The molecule has 0 radical (unpaired) electrons. The number of ether oxygens (including phenoxy) is 2. The Kier molecular flexibility index (Phi) is 8.10. The molecule has 6 nitrogen and oxygen atoms in total. The van der Waals surface area contributed by atoms with Crippen LogP contribution in [0.1, 0.15) is 77.6 Å². The van der Waals surface area contributed by atoms with Gasteiger partial charge in [0.05, 0.1) is 35.9 Å². The molecule has 15 heteroatoms. The van der Waals surface area contributed by atoms with Gasteiger partial charge in [-0.2, -0.15) is 39.5 Å². The third-order valence-electron chi connectivity index (χ3n) is 9.23. The highest BCUT2D eigenvalue weighted by molar-refractivity contribution is 5.81. The third-order valence-corrected chi connectivity index (χ3v) is 9.23. The van der Waals surface area contributed by atoms with E-state index in [2.05, 4.69) is 5.32 Å². The molecule has 256 valence electrons. The van der Waals surface area contributed by atoms with Crippen LogP contribution in [0.15, 0.2) is 54.6 Å². The number of nitrogens with zero attached hydrogens (tertiary/aromatic N) is 1. The second-order valence-electron chi connectivity index (χ2n) is 12.1. The molecule has 0 bridgehead atoms. The van der Waals surface area contributed by atoms with E-state index in [0.29, 0.717) is 23.3 Å². The Morgan fingerprint density at radius 1 is 0.771 bits per heavy atom. The second-order valence-corrected chi connectivity index (χ2v) is 12.1.